The second-order valence-corrected chi connectivity index (χ2v) is 4.14. The van der Waals surface area contributed by atoms with Gasteiger partial charge in [-0.25, -0.2) is 0 Å². The Morgan fingerprint density at radius 2 is 2.21 bits per heavy atom. The van der Waals surface area contributed by atoms with Gasteiger partial charge in [0.2, 0.25) is 0 Å². The summed E-state index contributed by atoms with van der Waals surface area (Å²) < 4.78 is 21.4. The maximum atomic E-state index is 10.7. The molecule has 1 aliphatic rings. The molecule has 5 heteroatoms. The minimum absolute atomic E-state index is 0. The van der Waals surface area contributed by atoms with Gasteiger partial charge in [0.1, 0.15) is 0 Å². The predicted octanol–water partition coefficient (Wildman–Crippen LogP) is -2.08. The van der Waals surface area contributed by atoms with Crippen LogP contribution in [-0.2, 0) is 17.5 Å². The quantitative estimate of drug-likeness (QED) is 0.402. The SMILES string of the molecule is CN1CCc2ccc(S(=O)[O-])cc21.[Na+]. The maximum absolute atomic E-state index is 10.7. The van der Waals surface area contributed by atoms with Gasteiger partial charge in [-0.1, -0.05) is 6.07 Å². The molecule has 1 unspecified atom stereocenters. The molecule has 1 aromatic carbocycles. The van der Waals surface area contributed by atoms with Crippen molar-refractivity contribution < 1.29 is 38.3 Å². The fraction of sp³-hybridized carbons (Fsp3) is 0.333. The van der Waals surface area contributed by atoms with Crippen LogP contribution in [-0.4, -0.2) is 22.4 Å². The minimum Gasteiger partial charge on any atom is -0.768 e. The van der Waals surface area contributed by atoms with Crippen molar-refractivity contribution in [3.63, 3.8) is 0 Å². The van der Waals surface area contributed by atoms with Crippen molar-refractivity contribution in [1.82, 2.24) is 0 Å². The summed E-state index contributed by atoms with van der Waals surface area (Å²) in [6.45, 7) is 0.976. The van der Waals surface area contributed by atoms with Crippen LogP contribution in [0.25, 0.3) is 0 Å². The van der Waals surface area contributed by atoms with E-state index in [9.17, 15) is 8.76 Å². The van der Waals surface area contributed by atoms with Crippen molar-refractivity contribution in [2.45, 2.75) is 11.3 Å². The van der Waals surface area contributed by atoms with Crippen LogP contribution in [0.5, 0.6) is 0 Å². The second-order valence-electron chi connectivity index (χ2n) is 3.20. The average molecular weight is 219 g/mol. The Hall–Kier alpha value is 0.130. The van der Waals surface area contributed by atoms with E-state index in [0.717, 1.165) is 18.7 Å². The summed E-state index contributed by atoms with van der Waals surface area (Å²) in [5.74, 6) is 0. The molecule has 14 heavy (non-hydrogen) atoms. The van der Waals surface area contributed by atoms with Crippen LogP contribution < -0.4 is 34.5 Å². The average Bonchev–Trinajstić information content (AvgIpc) is 2.47. The summed E-state index contributed by atoms with van der Waals surface area (Å²) in [5.41, 5.74) is 2.28. The van der Waals surface area contributed by atoms with Crippen LogP contribution in [0.3, 0.4) is 0 Å². The van der Waals surface area contributed by atoms with Crippen molar-refractivity contribution in [2.24, 2.45) is 0 Å². The van der Waals surface area contributed by atoms with E-state index < -0.39 is 11.1 Å². The normalized spacial score (nSPS) is 16.0. The van der Waals surface area contributed by atoms with E-state index in [0.29, 0.717) is 4.90 Å². The summed E-state index contributed by atoms with van der Waals surface area (Å²) in [6.07, 6.45) is 1.01. The molecule has 0 fully saturated rings. The van der Waals surface area contributed by atoms with Crippen molar-refractivity contribution >= 4 is 16.8 Å². The Balaban J connectivity index is 0.000000980. The molecule has 0 N–H and O–H groups in total. The Bertz CT molecular complexity index is 370. The van der Waals surface area contributed by atoms with E-state index in [-0.39, 0.29) is 29.6 Å². The monoisotopic (exact) mass is 219 g/mol. The molecule has 0 radical (unpaired) electrons. The van der Waals surface area contributed by atoms with Gasteiger partial charge in [0.15, 0.2) is 0 Å². The zero-order valence-electron chi connectivity index (χ0n) is 8.32. The Morgan fingerprint density at radius 3 is 2.86 bits per heavy atom. The third-order valence-electron chi connectivity index (χ3n) is 2.38. The molecule has 0 amide bonds. The van der Waals surface area contributed by atoms with Gasteiger partial charge in [0.25, 0.3) is 0 Å². The summed E-state index contributed by atoms with van der Waals surface area (Å²) >= 11 is -2.11. The van der Waals surface area contributed by atoms with Crippen LogP contribution in [0, 0.1) is 0 Å². The number of rotatable bonds is 1. The first kappa shape index (κ1) is 12.2. The number of likely N-dealkylation sites (N-methyl/N-ethyl adjacent to an activating group) is 1. The van der Waals surface area contributed by atoms with E-state index in [1.807, 2.05) is 13.1 Å². The van der Waals surface area contributed by atoms with Gasteiger partial charge in [0, 0.05) is 24.2 Å². The first-order valence-corrected chi connectivity index (χ1v) is 5.19. The molecular weight excluding hydrogens is 209 g/mol. The first-order valence-electron chi connectivity index (χ1n) is 4.12. The molecule has 0 aliphatic carbocycles. The fourth-order valence-electron chi connectivity index (χ4n) is 1.62. The fourth-order valence-corrected chi connectivity index (χ4v) is 2.01. The van der Waals surface area contributed by atoms with Gasteiger partial charge < -0.3 is 9.45 Å². The molecule has 2 rings (SSSR count). The van der Waals surface area contributed by atoms with Crippen LogP contribution in [0.2, 0.25) is 0 Å². The van der Waals surface area contributed by atoms with Crippen LogP contribution in [0.4, 0.5) is 5.69 Å². The van der Waals surface area contributed by atoms with Crippen molar-refractivity contribution in [3.05, 3.63) is 23.8 Å². The smallest absolute Gasteiger partial charge is 0.768 e. The number of fused-ring (bicyclic) bond motifs is 1. The minimum atomic E-state index is -2.11. The van der Waals surface area contributed by atoms with Gasteiger partial charge in [-0.05, 0) is 35.2 Å². The zero-order valence-corrected chi connectivity index (χ0v) is 11.1. The summed E-state index contributed by atoms with van der Waals surface area (Å²) in [5, 5.41) is 0. The molecule has 70 valence electrons. The van der Waals surface area contributed by atoms with Gasteiger partial charge >= 0.3 is 29.6 Å². The van der Waals surface area contributed by atoms with E-state index in [1.165, 1.54) is 5.56 Å². The number of hydrogen-bond acceptors (Lipinski definition) is 3. The van der Waals surface area contributed by atoms with E-state index in [4.69, 9.17) is 0 Å². The van der Waals surface area contributed by atoms with Gasteiger partial charge in [0.05, 0.1) is 0 Å². The van der Waals surface area contributed by atoms with Crippen LogP contribution in [0.15, 0.2) is 23.1 Å². The Kier molecular flexibility index (Phi) is 4.15. The molecule has 0 bridgehead atoms. The molecule has 1 aliphatic heterocycles. The molecule has 0 spiro atoms. The number of hydrogen-bond donors (Lipinski definition) is 0. The molecular formula is C9H10NNaO2S. The maximum Gasteiger partial charge on any atom is 1.00 e. The predicted molar refractivity (Wildman–Crippen MR) is 50.6 cm³/mol. The van der Waals surface area contributed by atoms with E-state index >= 15 is 0 Å². The zero-order chi connectivity index (χ0) is 9.42. The summed E-state index contributed by atoms with van der Waals surface area (Å²) in [7, 11) is 1.98. The Labute approximate surface area is 108 Å². The van der Waals surface area contributed by atoms with Crippen LogP contribution >= 0.6 is 0 Å². The first-order chi connectivity index (χ1) is 6.18. The standard InChI is InChI=1S/C9H11NO2S.Na/c1-10-5-4-7-2-3-8(13(11)12)6-9(7)10;/h2-3,6H,4-5H2,1H3,(H,11,12);/q;+1/p-1. The molecule has 1 atom stereocenters. The molecule has 0 saturated carbocycles. The molecule has 0 saturated heterocycles. The Morgan fingerprint density at radius 1 is 1.50 bits per heavy atom. The number of benzene rings is 1. The van der Waals surface area contributed by atoms with Gasteiger partial charge in [-0.3, -0.25) is 4.21 Å². The number of anilines is 1. The third kappa shape index (κ3) is 2.20. The van der Waals surface area contributed by atoms with Crippen molar-refractivity contribution in [2.75, 3.05) is 18.5 Å². The van der Waals surface area contributed by atoms with Gasteiger partial charge in [-0.15, -0.1) is 0 Å². The van der Waals surface area contributed by atoms with E-state index in [1.54, 1.807) is 12.1 Å². The van der Waals surface area contributed by atoms with Crippen molar-refractivity contribution in [3.8, 4) is 0 Å². The van der Waals surface area contributed by atoms with Gasteiger partial charge in [-0.2, -0.15) is 0 Å². The molecule has 1 heterocycles. The van der Waals surface area contributed by atoms with Crippen LogP contribution in [0.1, 0.15) is 5.56 Å². The topological polar surface area (TPSA) is 43.4 Å². The molecule has 3 nitrogen and oxygen atoms in total. The molecule has 0 aromatic heterocycles. The third-order valence-corrected chi connectivity index (χ3v) is 3.02. The number of nitrogens with zero attached hydrogens (tertiary/aromatic N) is 1. The molecule has 1 aromatic rings. The van der Waals surface area contributed by atoms with E-state index in [2.05, 4.69) is 4.90 Å². The largest absolute Gasteiger partial charge is 1.00 e. The summed E-state index contributed by atoms with van der Waals surface area (Å²) in [6, 6.07) is 5.27. The summed E-state index contributed by atoms with van der Waals surface area (Å²) in [4.78, 5) is 2.44. The second kappa shape index (κ2) is 4.77. The van der Waals surface area contributed by atoms with Crippen molar-refractivity contribution in [1.29, 1.82) is 0 Å².